The molecule has 0 aliphatic carbocycles. The molecule has 2 N–H and O–H groups in total. The molecular formula is C32H42N6O5S. The Hall–Kier alpha value is -4.42. The van der Waals surface area contributed by atoms with Gasteiger partial charge in [0.25, 0.3) is 11.7 Å². The largest absolute Gasteiger partial charge is 0.494 e. The zero-order valence-corrected chi connectivity index (χ0v) is 27.3. The number of thiazole rings is 1. The van der Waals surface area contributed by atoms with Gasteiger partial charge in [0.1, 0.15) is 22.7 Å². The van der Waals surface area contributed by atoms with Crippen molar-refractivity contribution in [1.29, 1.82) is 0 Å². The number of methoxy groups -OCH3 is 1. The third-order valence-corrected chi connectivity index (χ3v) is 7.33. The van der Waals surface area contributed by atoms with Crippen molar-refractivity contribution < 1.29 is 23.9 Å². The van der Waals surface area contributed by atoms with Crippen LogP contribution in [0.4, 0.5) is 0 Å². The Bertz CT molecular complexity index is 1510. The quantitative estimate of drug-likeness (QED) is 0.170. The number of hydrogen-bond acceptors (Lipinski definition) is 9. The lowest BCUT2D eigenvalue weighted by atomic mass is 10.1. The van der Waals surface area contributed by atoms with E-state index in [-0.39, 0.29) is 11.5 Å². The van der Waals surface area contributed by atoms with Crippen LogP contribution < -0.4 is 10.1 Å². The van der Waals surface area contributed by atoms with Crippen molar-refractivity contribution in [2.75, 3.05) is 40.3 Å². The van der Waals surface area contributed by atoms with Crippen molar-refractivity contribution in [1.82, 2.24) is 30.1 Å². The van der Waals surface area contributed by atoms with Crippen LogP contribution in [0.2, 0.25) is 0 Å². The van der Waals surface area contributed by atoms with Gasteiger partial charge in [-0.25, -0.2) is 9.97 Å². The van der Waals surface area contributed by atoms with Crippen LogP contribution in [0.25, 0.3) is 21.6 Å². The molecule has 4 aromatic rings. The second-order valence-corrected chi connectivity index (χ2v) is 10.2. The van der Waals surface area contributed by atoms with E-state index in [1.807, 2.05) is 52.9 Å². The number of carbonyl (C=O) groups is 4. The number of ether oxygens (including phenoxy) is 1. The highest BCUT2D eigenvalue weighted by molar-refractivity contribution is 7.15. The number of aromatic nitrogens is 3. The predicted molar refractivity (Wildman–Crippen MR) is 174 cm³/mol. The number of aromatic amines is 1. The third-order valence-electron chi connectivity index (χ3n) is 6.33. The van der Waals surface area contributed by atoms with Gasteiger partial charge in [-0.15, -0.1) is 11.3 Å². The van der Waals surface area contributed by atoms with E-state index in [9.17, 15) is 19.2 Å². The first-order chi connectivity index (χ1) is 21.3. The van der Waals surface area contributed by atoms with Gasteiger partial charge in [0.2, 0.25) is 5.91 Å². The number of fused-ring (bicyclic) bond motifs is 1. The molecular weight excluding hydrogens is 580 g/mol. The number of H-pyrrole nitrogens is 1. The fraction of sp³-hybridized carbons (Fsp3) is 0.375. The number of piperazine rings is 1. The first-order valence-corrected chi connectivity index (χ1v) is 15.4. The summed E-state index contributed by atoms with van der Waals surface area (Å²) in [6, 6.07) is 9.10. The van der Waals surface area contributed by atoms with Gasteiger partial charge >= 0.3 is 0 Å². The van der Waals surface area contributed by atoms with Crippen LogP contribution in [-0.4, -0.2) is 89.0 Å². The van der Waals surface area contributed by atoms with E-state index in [0.29, 0.717) is 47.0 Å². The highest BCUT2D eigenvalue weighted by Crippen LogP contribution is 2.36. The zero-order chi connectivity index (χ0) is 32.6. The van der Waals surface area contributed by atoms with Gasteiger partial charge in [-0.2, -0.15) is 0 Å². The molecule has 1 saturated heterocycles. The molecule has 4 heterocycles. The Labute approximate surface area is 262 Å². The molecule has 44 heavy (non-hydrogen) atoms. The topological polar surface area (TPSA) is 138 Å². The first kappa shape index (κ1) is 35.8. The lowest BCUT2D eigenvalue weighted by molar-refractivity contribution is -0.128. The molecule has 0 bridgehead atoms. The number of hydrogen-bond donors (Lipinski definition) is 2. The average Bonchev–Trinajstić information content (AvgIpc) is 3.74. The molecule has 0 atom stereocenters. The van der Waals surface area contributed by atoms with E-state index in [4.69, 9.17) is 4.74 Å². The third kappa shape index (κ3) is 9.29. The lowest BCUT2D eigenvalue weighted by Gasteiger charge is -2.31. The summed E-state index contributed by atoms with van der Waals surface area (Å²) in [5.41, 5.74) is 2.09. The van der Waals surface area contributed by atoms with Crippen molar-refractivity contribution in [2.24, 2.45) is 0 Å². The molecule has 3 aromatic heterocycles. The average molecular weight is 623 g/mol. The van der Waals surface area contributed by atoms with Crippen LogP contribution in [0.1, 0.15) is 60.2 Å². The van der Waals surface area contributed by atoms with Crippen LogP contribution in [-0.2, 0) is 16.1 Å². The van der Waals surface area contributed by atoms with Gasteiger partial charge in [-0.1, -0.05) is 58.0 Å². The number of rotatable bonds is 7. The molecule has 11 nitrogen and oxygen atoms in total. The molecule has 1 aromatic carbocycles. The lowest BCUT2D eigenvalue weighted by Crippen LogP contribution is -2.49. The summed E-state index contributed by atoms with van der Waals surface area (Å²) in [7, 11) is 3.48. The summed E-state index contributed by atoms with van der Waals surface area (Å²) in [6.45, 7) is 12.3. The van der Waals surface area contributed by atoms with Gasteiger partial charge in [-0.3, -0.25) is 19.2 Å². The highest BCUT2D eigenvalue weighted by Gasteiger charge is 2.29. The van der Waals surface area contributed by atoms with Crippen molar-refractivity contribution in [3.05, 3.63) is 64.9 Å². The Morgan fingerprint density at radius 1 is 1.02 bits per heavy atom. The number of nitrogens with zero attached hydrogens (tertiary/aromatic N) is 4. The SMILES string of the molecule is CC.CC.COc1cnc(-c2ncc(CNC(C)=O)s2)c2[nH]cc(C(=O)C(=O)N3CCN(C)CC3)c12.O=Cc1ccccc1. The monoisotopic (exact) mass is 622 g/mol. The minimum Gasteiger partial charge on any atom is -0.494 e. The predicted octanol–water partition coefficient (Wildman–Crippen LogP) is 4.84. The number of Topliss-reactive ketones (excluding diaryl/α,β-unsaturated/α-hetero) is 1. The number of ketones is 1. The van der Waals surface area contributed by atoms with Crippen LogP contribution in [0, 0.1) is 0 Å². The first-order valence-electron chi connectivity index (χ1n) is 14.6. The Morgan fingerprint density at radius 3 is 2.25 bits per heavy atom. The number of nitrogens with one attached hydrogen (secondary N) is 2. The van der Waals surface area contributed by atoms with E-state index >= 15 is 0 Å². The number of benzene rings is 1. The number of amides is 2. The molecule has 1 aliphatic rings. The Balaban J connectivity index is 0.000000478. The van der Waals surface area contributed by atoms with Gasteiger partial charge < -0.3 is 24.8 Å². The van der Waals surface area contributed by atoms with Crippen molar-refractivity contribution in [3.8, 4) is 16.5 Å². The van der Waals surface area contributed by atoms with E-state index in [0.717, 1.165) is 29.8 Å². The number of carbonyl (C=O) groups excluding carboxylic acids is 4. The smallest absolute Gasteiger partial charge is 0.295 e. The maximum atomic E-state index is 13.1. The second-order valence-electron chi connectivity index (χ2n) is 9.12. The van der Waals surface area contributed by atoms with Crippen molar-refractivity contribution in [2.45, 2.75) is 41.2 Å². The summed E-state index contributed by atoms with van der Waals surface area (Å²) in [6.07, 6.45) is 5.57. The Morgan fingerprint density at radius 2 is 1.68 bits per heavy atom. The minimum absolute atomic E-state index is 0.123. The van der Waals surface area contributed by atoms with Crippen molar-refractivity contribution in [3.63, 3.8) is 0 Å². The molecule has 236 valence electrons. The molecule has 0 spiro atoms. The normalized spacial score (nSPS) is 12.4. The summed E-state index contributed by atoms with van der Waals surface area (Å²) < 4.78 is 5.45. The van der Waals surface area contributed by atoms with Gasteiger partial charge in [0.05, 0.1) is 36.3 Å². The van der Waals surface area contributed by atoms with Gasteiger partial charge in [0.15, 0.2) is 0 Å². The van der Waals surface area contributed by atoms with Gasteiger partial charge in [0, 0.05) is 55.9 Å². The van der Waals surface area contributed by atoms with E-state index in [1.165, 1.54) is 37.8 Å². The van der Waals surface area contributed by atoms with Crippen LogP contribution in [0.15, 0.2) is 48.9 Å². The maximum Gasteiger partial charge on any atom is 0.295 e. The second kappa shape index (κ2) is 18.3. The minimum atomic E-state index is -0.582. The van der Waals surface area contributed by atoms with Crippen LogP contribution in [0.3, 0.4) is 0 Å². The van der Waals surface area contributed by atoms with Crippen molar-refractivity contribution >= 4 is 46.1 Å². The van der Waals surface area contributed by atoms with E-state index in [2.05, 4.69) is 25.2 Å². The molecule has 5 rings (SSSR count). The molecule has 0 unspecified atom stereocenters. The van der Waals surface area contributed by atoms with Crippen LogP contribution >= 0.6 is 11.3 Å². The van der Waals surface area contributed by atoms with E-state index in [1.54, 1.807) is 23.2 Å². The maximum absolute atomic E-state index is 13.1. The summed E-state index contributed by atoms with van der Waals surface area (Å²) in [5.74, 6) is -0.829. The summed E-state index contributed by atoms with van der Waals surface area (Å²) in [4.78, 5) is 63.7. The molecule has 1 aliphatic heterocycles. The zero-order valence-electron chi connectivity index (χ0n) is 26.5. The molecule has 0 saturated carbocycles. The molecule has 2 amide bonds. The Kier molecular flexibility index (Phi) is 14.9. The molecule has 12 heteroatoms. The summed E-state index contributed by atoms with van der Waals surface area (Å²) >= 11 is 1.39. The van der Waals surface area contributed by atoms with Crippen LogP contribution in [0.5, 0.6) is 5.75 Å². The van der Waals surface area contributed by atoms with E-state index < -0.39 is 11.7 Å². The fourth-order valence-electron chi connectivity index (χ4n) is 4.12. The number of likely N-dealkylation sites (N-methyl/N-ethyl adjacent to an activating group) is 1. The number of aldehydes is 1. The number of pyridine rings is 1. The highest BCUT2D eigenvalue weighted by atomic mass is 32.1. The molecule has 0 radical (unpaired) electrons. The van der Waals surface area contributed by atoms with Gasteiger partial charge in [-0.05, 0) is 7.05 Å². The summed E-state index contributed by atoms with van der Waals surface area (Å²) in [5, 5.41) is 3.87. The molecule has 1 fully saturated rings. The standard InChI is InChI=1S/C21H24N6O4S.C7H6O.2C2H6/c1-12(28)22-8-13-9-25-20(32-13)18-17-16(15(31-3)11-24-18)14(10-23-17)19(29)21(30)27-6-4-26(2)5-7-27;8-6-7-4-2-1-3-5-7;2*1-2/h9-11,23H,4-8H2,1-3H3,(H,22,28);1-6H;2*1-2H3. The fourth-order valence-corrected chi connectivity index (χ4v) is 4.98.